The minimum Gasteiger partial charge on any atom is -0.392 e. The summed E-state index contributed by atoms with van der Waals surface area (Å²) in [5.41, 5.74) is 0.528. The Balaban J connectivity index is 2.24. The molecule has 1 aliphatic rings. The van der Waals surface area contributed by atoms with E-state index in [1.807, 2.05) is 6.92 Å². The molecule has 1 atom stereocenters. The normalized spacial score (nSPS) is 21.6. The van der Waals surface area contributed by atoms with Gasteiger partial charge in [0.15, 0.2) is 0 Å². The van der Waals surface area contributed by atoms with Gasteiger partial charge in [-0.15, -0.1) is 0 Å². The number of sulfonamides is 1. The Morgan fingerprint density at radius 1 is 1.38 bits per heavy atom. The zero-order valence-corrected chi connectivity index (χ0v) is 13.9. The Labute approximate surface area is 131 Å². The lowest BCUT2D eigenvalue weighted by Crippen LogP contribution is -2.53. The van der Waals surface area contributed by atoms with Crippen LogP contribution in [0, 0.1) is 0 Å². The maximum atomic E-state index is 12.7. The van der Waals surface area contributed by atoms with Gasteiger partial charge in [0.1, 0.15) is 0 Å². The maximum Gasteiger partial charge on any atom is 0.243 e. The molecule has 118 valence electrons. The van der Waals surface area contributed by atoms with E-state index in [0.717, 1.165) is 13.1 Å². The fourth-order valence-corrected chi connectivity index (χ4v) is 4.46. The molecule has 0 spiro atoms. The van der Waals surface area contributed by atoms with Gasteiger partial charge in [-0.05, 0) is 31.2 Å². The van der Waals surface area contributed by atoms with E-state index in [0.29, 0.717) is 18.7 Å². The van der Waals surface area contributed by atoms with Crippen LogP contribution in [-0.4, -0.2) is 55.0 Å². The molecule has 0 aromatic heterocycles. The third-order valence-electron chi connectivity index (χ3n) is 3.97. The molecule has 1 unspecified atom stereocenters. The smallest absolute Gasteiger partial charge is 0.243 e. The Kier molecular flexibility index (Phi) is 5.27. The molecule has 0 aliphatic carbocycles. The van der Waals surface area contributed by atoms with Gasteiger partial charge in [0.2, 0.25) is 10.0 Å². The van der Waals surface area contributed by atoms with E-state index in [-0.39, 0.29) is 22.6 Å². The van der Waals surface area contributed by atoms with Crippen LogP contribution in [0.2, 0.25) is 5.02 Å². The third kappa shape index (κ3) is 3.40. The summed E-state index contributed by atoms with van der Waals surface area (Å²) in [5, 5.41) is 9.38. The molecule has 7 heteroatoms. The van der Waals surface area contributed by atoms with E-state index in [4.69, 9.17) is 16.7 Å². The van der Waals surface area contributed by atoms with E-state index in [1.165, 1.54) is 16.4 Å². The van der Waals surface area contributed by atoms with Crippen molar-refractivity contribution in [3.8, 4) is 0 Å². The summed E-state index contributed by atoms with van der Waals surface area (Å²) >= 11 is 6.00. The molecule has 1 fully saturated rings. The molecule has 0 saturated carbocycles. The van der Waals surface area contributed by atoms with Crippen LogP contribution in [0.25, 0.3) is 0 Å². The molecule has 2 rings (SSSR count). The zero-order valence-electron chi connectivity index (χ0n) is 12.3. The molecular formula is C14H21ClN2O3S. The Bertz CT molecular complexity index is 606. The predicted molar refractivity (Wildman–Crippen MR) is 82.8 cm³/mol. The predicted octanol–water partition coefficient (Wildman–Crippen LogP) is 1.55. The summed E-state index contributed by atoms with van der Waals surface area (Å²) in [5.74, 6) is 0. The van der Waals surface area contributed by atoms with Crippen molar-refractivity contribution in [2.75, 3.05) is 26.2 Å². The monoisotopic (exact) mass is 332 g/mol. The fraction of sp³-hybridized carbons (Fsp3) is 0.571. The van der Waals surface area contributed by atoms with Crippen LogP contribution in [-0.2, 0) is 16.6 Å². The first-order valence-electron chi connectivity index (χ1n) is 7.03. The second-order valence-corrected chi connectivity index (χ2v) is 7.60. The SMILES string of the molecule is CCN1CCN(S(=O)(=O)c2ccc(CO)c(Cl)c2)CC1C. The summed E-state index contributed by atoms with van der Waals surface area (Å²) in [4.78, 5) is 2.44. The van der Waals surface area contributed by atoms with E-state index < -0.39 is 10.0 Å². The summed E-state index contributed by atoms with van der Waals surface area (Å²) in [6, 6.07) is 4.68. The first kappa shape index (κ1) is 16.7. The highest BCUT2D eigenvalue weighted by Crippen LogP contribution is 2.25. The highest BCUT2D eigenvalue weighted by atomic mass is 35.5. The highest BCUT2D eigenvalue weighted by molar-refractivity contribution is 7.89. The molecular weight excluding hydrogens is 312 g/mol. The van der Waals surface area contributed by atoms with Gasteiger partial charge in [-0.1, -0.05) is 24.6 Å². The van der Waals surface area contributed by atoms with Gasteiger partial charge in [0.05, 0.1) is 11.5 Å². The second kappa shape index (κ2) is 6.62. The lowest BCUT2D eigenvalue weighted by atomic mass is 10.2. The standard InChI is InChI=1S/C14H21ClN2O3S/c1-3-16-6-7-17(9-11(16)2)21(19,20)13-5-4-12(10-18)14(15)8-13/h4-5,8,11,18H,3,6-7,9-10H2,1-2H3. The van der Waals surface area contributed by atoms with Crippen molar-refractivity contribution < 1.29 is 13.5 Å². The van der Waals surface area contributed by atoms with E-state index in [2.05, 4.69) is 11.8 Å². The maximum absolute atomic E-state index is 12.7. The van der Waals surface area contributed by atoms with Crippen molar-refractivity contribution in [2.24, 2.45) is 0 Å². The van der Waals surface area contributed by atoms with Crippen LogP contribution in [0.1, 0.15) is 19.4 Å². The number of benzene rings is 1. The minimum atomic E-state index is -3.53. The number of hydrogen-bond acceptors (Lipinski definition) is 4. The van der Waals surface area contributed by atoms with E-state index in [9.17, 15) is 8.42 Å². The average molecular weight is 333 g/mol. The van der Waals surface area contributed by atoms with Crippen molar-refractivity contribution in [1.29, 1.82) is 0 Å². The lowest BCUT2D eigenvalue weighted by molar-refractivity contribution is 0.135. The van der Waals surface area contributed by atoms with Crippen molar-refractivity contribution in [1.82, 2.24) is 9.21 Å². The number of likely N-dealkylation sites (N-methyl/N-ethyl adjacent to an activating group) is 1. The number of aliphatic hydroxyl groups excluding tert-OH is 1. The van der Waals surface area contributed by atoms with Crippen molar-refractivity contribution in [3.63, 3.8) is 0 Å². The van der Waals surface area contributed by atoms with Gasteiger partial charge in [-0.3, -0.25) is 4.90 Å². The van der Waals surface area contributed by atoms with Crippen LogP contribution >= 0.6 is 11.6 Å². The van der Waals surface area contributed by atoms with Crippen LogP contribution in [0.3, 0.4) is 0 Å². The Hall–Kier alpha value is -0.660. The van der Waals surface area contributed by atoms with Crippen molar-refractivity contribution in [3.05, 3.63) is 28.8 Å². The quantitative estimate of drug-likeness (QED) is 0.908. The summed E-state index contributed by atoms with van der Waals surface area (Å²) < 4.78 is 26.8. The number of rotatable bonds is 4. The second-order valence-electron chi connectivity index (χ2n) is 5.25. The average Bonchev–Trinajstić information content (AvgIpc) is 2.47. The summed E-state index contributed by atoms with van der Waals surface area (Å²) in [6.07, 6.45) is 0. The summed E-state index contributed by atoms with van der Waals surface area (Å²) in [7, 11) is -3.53. The van der Waals surface area contributed by atoms with Gasteiger partial charge in [-0.2, -0.15) is 4.31 Å². The van der Waals surface area contributed by atoms with E-state index >= 15 is 0 Å². The van der Waals surface area contributed by atoms with Crippen LogP contribution in [0.5, 0.6) is 0 Å². The van der Waals surface area contributed by atoms with Gasteiger partial charge in [0.25, 0.3) is 0 Å². The van der Waals surface area contributed by atoms with Crippen LogP contribution in [0.4, 0.5) is 0 Å². The molecule has 0 radical (unpaired) electrons. The fourth-order valence-electron chi connectivity index (χ4n) is 2.62. The molecule has 0 amide bonds. The van der Waals surface area contributed by atoms with Crippen LogP contribution < -0.4 is 0 Å². The molecule has 1 aliphatic heterocycles. The highest BCUT2D eigenvalue weighted by Gasteiger charge is 2.31. The van der Waals surface area contributed by atoms with Gasteiger partial charge >= 0.3 is 0 Å². The lowest BCUT2D eigenvalue weighted by Gasteiger charge is -2.38. The number of hydrogen-bond donors (Lipinski definition) is 1. The molecule has 1 heterocycles. The van der Waals surface area contributed by atoms with Gasteiger partial charge in [-0.25, -0.2) is 8.42 Å². The summed E-state index contributed by atoms with van der Waals surface area (Å²) in [6.45, 7) is 6.54. The molecule has 5 nitrogen and oxygen atoms in total. The third-order valence-corrected chi connectivity index (χ3v) is 6.18. The largest absolute Gasteiger partial charge is 0.392 e. The van der Waals surface area contributed by atoms with Crippen molar-refractivity contribution in [2.45, 2.75) is 31.4 Å². The minimum absolute atomic E-state index is 0.182. The first-order chi connectivity index (χ1) is 9.90. The number of piperazine rings is 1. The number of nitrogens with zero attached hydrogens (tertiary/aromatic N) is 2. The van der Waals surface area contributed by atoms with Crippen LogP contribution in [0.15, 0.2) is 23.1 Å². The molecule has 0 bridgehead atoms. The van der Waals surface area contributed by atoms with E-state index in [1.54, 1.807) is 6.07 Å². The molecule has 1 N–H and O–H groups in total. The van der Waals surface area contributed by atoms with Gasteiger partial charge < -0.3 is 5.11 Å². The molecule has 1 aromatic carbocycles. The first-order valence-corrected chi connectivity index (χ1v) is 8.85. The Morgan fingerprint density at radius 2 is 2.10 bits per heavy atom. The molecule has 1 saturated heterocycles. The molecule has 1 aromatic rings. The number of halogens is 1. The van der Waals surface area contributed by atoms with Crippen molar-refractivity contribution >= 4 is 21.6 Å². The zero-order chi connectivity index (χ0) is 15.6. The molecule has 21 heavy (non-hydrogen) atoms. The topological polar surface area (TPSA) is 60.9 Å². The Morgan fingerprint density at radius 3 is 2.62 bits per heavy atom. The van der Waals surface area contributed by atoms with Gasteiger partial charge in [0, 0.05) is 30.7 Å². The number of aliphatic hydroxyl groups is 1.